The molecule has 0 saturated heterocycles. The van der Waals surface area contributed by atoms with Gasteiger partial charge in [-0.05, 0) is 30.7 Å². The Labute approximate surface area is 138 Å². The maximum Gasteiger partial charge on any atom is 0.292 e. The summed E-state index contributed by atoms with van der Waals surface area (Å²) in [6.45, 7) is 1.75. The third-order valence-corrected chi connectivity index (χ3v) is 3.58. The van der Waals surface area contributed by atoms with Gasteiger partial charge in [-0.3, -0.25) is 9.59 Å². The first-order valence-electron chi connectivity index (χ1n) is 7.46. The molecule has 0 atom stereocenters. The number of primary amides is 1. The second-order valence-electron chi connectivity index (χ2n) is 5.47. The smallest absolute Gasteiger partial charge is 0.292 e. The molecule has 0 saturated carbocycles. The SMILES string of the molecule is Cc1ccc(C(=O)Nc2[nH]c(Cc3ccccc3)cc2C(N)=O)o1. The molecule has 4 N–H and O–H groups in total. The second-order valence-corrected chi connectivity index (χ2v) is 5.47. The first-order chi connectivity index (χ1) is 11.5. The van der Waals surface area contributed by atoms with E-state index in [2.05, 4.69) is 10.3 Å². The van der Waals surface area contributed by atoms with E-state index in [1.165, 1.54) is 0 Å². The first-order valence-corrected chi connectivity index (χ1v) is 7.46. The van der Waals surface area contributed by atoms with Crippen molar-refractivity contribution in [3.05, 3.63) is 76.9 Å². The van der Waals surface area contributed by atoms with E-state index < -0.39 is 11.8 Å². The predicted molar refractivity (Wildman–Crippen MR) is 90.0 cm³/mol. The maximum atomic E-state index is 12.2. The molecule has 0 fully saturated rings. The molecule has 0 spiro atoms. The molecule has 122 valence electrons. The van der Waals surface area contributed by atoms with Crippen molar-refractivity contribution in [1.82, 2.24) is 4.98 Å². The molecule has 0 aliphatic rings. The molecule has 3 rings (SSSR count). The average Bonchev–Trinajstić information content (AvgIpc) is 3.15. The van der Waals surface area contributed by atoms with Crippen molar-refractivity contribution in [2.75, 3.05) is 5.32 Å². The Kier molecular flexibility index (Phi) is 4.20. The zero-order valence-electron chi connectivity index (χ0n) is 13.1. The van der Waals surface area contributed by atoms with Gasteiger partial charge < -0.3 is 20.5 Å². The molecule has 2 heterocycles. The number of aryl methyl sites for hydroxylation is 1. The summed E-state index contributed by atoms with van der Waals surface area (Å²) in [6.07, 6.45) is 0.594. The van der Waals surface area contributed by atoms with Crippen LogP contribution < -0.4 is 11.1 Å². The molecule has 0 aliphatic heterocycles. The van der Waals surface area contributed by atoms with Crippen LogP contribution in [0.5, 0.6) is 0 Å². The van der Waals surface area contributed by atoms with Gasteiger partial charge in [0, 0.05) is 12.1 Å². The Morgan fingerprint density at radius 2 is 1.92 bits per heavy atom. The number of anilines is 1. The summed E-state index contributed by atoms with van der Waals surface area (Å²) in [6, 6.07) is 14.7. The largest absolute Gasteiger partial charge is 0.456 e. The number of nitrogens with two attached hydrogens (primary N) is 1. The Balaban J connectivity index is 1.84. The summed E-state index contributed by atoms with van der Waals surface area (Å²) >= 11 is 0. The molecule has 0 aliphatic carbocycles. The minimum absolute atomic E-state index is 0.169. The van der Waals surface area contributed by atoms with Crippen LogP contribution >= 0.6 is 0 Å². The van der Waals surface area contributed by atoms with Gasteiger partial charge in [-0.25, -0.2) is 0 Å². The van der Waals surface area contributed by atoms with Crippen molar-refractivity contribution >= 4 is 17.6 Å². The van der Waals surface area contributed by atoms with E-state index in [9.17, 15) is 9.59 Å². The number of carbonyl (C=O) groups is 2. The third kappa shape index (κ3) is 3.38. The van der Waals surface area contributed by atoms with Crippen molar-refractivity contribution in [2.45, 2.75) is 13.3 Å². The fourth-order valence-corrected chi connectivity index (χ4v) is 2.45. The average molecular weight is 323 g/mol. The maximum absolute atomic E-state index is 12.2. The van der Waals surface area contributed by atoms with Crippen molar-refractivity contribution in [1.29, 1.82) is 0 Å². The van der Waals surface area contributed by atoms with Gasteiger partial charge in [-0.2, -0.15) is 0 Å². The fraction of sp³-hybridized carbons (Fsp3) is 0.111. The van der Waals surface area contributed by atoms with Crippen LogP contribution in [0.3, 0.4) is 0 Å². The van der Waals surface area contributed by atoms with E-state index in [1.54, 1.807) is 25.1 Å². The molecule has 24 heavy (non-hydrogen) atoms. The summed E-state index contributed by atoms with van der Waals surface area (Å²) in [5.41, 5.74) is 7.50. The summed E-state index contributed by atoms with van der Waals surface area (Å²) < 4.78 is 5.28. The highest BCUT2D eigenvalue weighted by Gasteiger charge is 2.18. The Morgan fingerprint density at radius 1 is 1.17 bits per heavy atom. The first kappa shape index (κ1) is 15.6. The molecule has 6 heteroatoms. The van der Waals surface area contributed by atoms with Gasteiger partial charge in [0.1, 0.15) is 11.6 Å². The molecule has 6 nitrogen and oxygen atoms in total. The number of hydrogen-bond acceptors (Lipinski definition) is 3. The molecule has 3 aromatic rings. The number of H-pyrrole nitrogens is 1. The van der Waals surface area contributed by atoms with E-state index >= 15 is 0 Å². The lowest BCUT2D eigenvalue weighted by atomic mass is 10.1. The molecule has 0 radical (unpaired) electrons. The topological polar surface area (TPSA) is 101 Å². The molecule has 2 amide bonds. The number of benzene rings is 1. The zero-order chi connectivity index (χ0) is 17.1. The van der Waals surface area contributed by atoms with Crippen LogP contribution in [0.1, 0.15) is 37.9 Å². The van der Waals surface area contributed by atoms with Gasteiger partial charge in [0.2, 0.25) is 0 Å². The van der Waals surface area contributed by atoms with Crippen LogP contribution in [0.25, 0.3) is 0 Å². The molecule has 0 unspecified atom stereocenters. The molecule has 2 aromatic heterocycles. The predicted octanol–water partition coefficient (Wildman–Crippen LogP) is 2.86. The molecule has 1 aromatic carbocycles. The van der Waals surface area contributed by atoms with Crippen molar-refractivity contribution in [2.24, 2.45) is 5.73 Å². The molecule has 0 bridgehead atoms. The van der Waals surface area contributed by atoms with E-state index in [1.807, 2.05) is 30.3 Å². The van der Waals surface area contributed by atoms with Gasteiger partial charge in [-0.1, -0.05) is 30.3 Å². The minimum atomic E-state index is -0.614. The number of aromatic nitrogens is 1. The third-order valence-electron chi connectivity index (χ3n) is 3.58. The van der Waals surface area contributed by atoms with Crippen molar-refractivity contribution in [3.63, 3.8) is 0 Å². The molecular weight excluding hydrogens is 306 g/mol. The highest BCUT2D eigenvalue weighted by atomic mass is 16.3. The Morgan fingerprint density at radius 3 is 2.54 bits per heavy atom. The van der Waals surface area contributed by atoms with Crippen LogP contribution in [-0.4, -0.2) is 16.8 Å². The van der Waals surface area contributed by atoms with Crippen LogP contribution in [0.15, 0.2) is 52.9 Å². The lowest BCUT2D eigenvalue weighted by Crippen LogP contribution is -2.17. The van der Waals surface area contributed by atoms with Gasteiger partial charge in [0.25, 0.3) is 11.8 Å². The Hall–Kier alpha value is -3.28. The van der Waals surface area contributed by atoms with Crippen molar-refractivity contribution < 1.29 is 14.0 Å². The normalized spacial score (nSPS) is 10.5. The number of nitrogens with one attached hydrogen (secondary N) is 2. The monoisotopic (exact) mass is 323 g/mol. The number of amides is 2. The van der Waals surface area contributed by atoms with Gasteiger partial charge in [0.05, 0.1) is 5.56 Å². The van der Waals surface area contributed by atoms with Gasteiger partial charge >= 0.3 is 0 Å². The number of rotatable bonds is 5. The highest BCUT2D eigenvalue weighted by Crippen LogP contribution is 2.20. The summed E-state index contributed by atoms with van der Waals surface area (Å²) in [4.78, 5) is 26.9. The number of carbonyl (C=O) groups excluding carboxylic acids is 2. The highest BCUT2D eigenvalue weighted by molar-refractivity contribution is 6.06. The van der Waals surface area contributed by atoms with Crippen LogP contribution in [0.2, 0.25) is 0 Å². The van der Waals surface area contributed by atoms with E-state index in [0.717, 1.165) is 11.3 Å². The summed E-state index contributed by atoms with van der Waals surface area (Å²) in [7, 11) is 0. The number of hydrogen-bond donors (Lipinski definition) is 3. The van der Waals surface area contributed by atoms with Crippen LogP contribution in [0, 0.1) is 6.92 Å². The second kappa shape index (κ2) is 6.45. The zero-order valence-corrected chi connectivity index (χ0v) is 13.1. The summed E-state index contributed by atoms with van der Waals surface area (Å²) in [5.74, 6) is 0.0105. The van der Waals surface area contributed by atoms with Gasteiger partial charge in [-0.15, -0.1) is 0 Å². The van der Waals surface area contributed by atoms with Gasteiger partial charge in [0.15, 0.2) is 5.76 Å². The van der Waals surface area contributed by atoms with Crippen LogP contribution in [-0.2, 0) is 6.42 Å². The van der Waals surface area contributed by atoms with E-state index in [0.29, 0.717) is 12.2 Å². The number of aromatic amines is 1. The lowest BCUT2D eigenvalue weighted by molar-refractivity contribution is 0.0995. The quantitative estimate of drug-likeness (QED) is 0.673. The lowest BCUT2D eigenvalue weighted by Gasteiger charge is -2.03. The number of furan rings is 1. The Bertz CT molecular complexity index is 878. The van der Waals surface area contributed by atoms with Crippen molar-refractivity contribution in [3.8, 4) is 0 Å². The fourth-order valence-electron chi connectivity index (χ4n) is 2.45. The van der Waals surface area contributed by atoms with E-state index in [-0.39, 0.29) is 17.1 Å². The summed E-state index contributed by atoms with van der Waals surface area (Å²) in [5, 5.41) is 2.64. The minimum Gasteiger partial charge on any atom is -0.456 e. The van der Waals surface area contributed by atoms with E-state index in [4.69, 9.17) is 10.2 Å². The standard InChI is InChI=1S/C18H17N3O3/c1-11-7-8-15(24-11)18(23)21-17-14(16(19)22)10-13(20-17)9-12-5-3-2-4-6-12/h2-8,10,20H,9H2,1H3,(H2,19,22)(H,21,23). The van der Waals surface area contributed by atoms with Crippen LogP contribution in [0.4, 0.5) is 5.82 Å². The molecular formula is C18H17N3O3.